The predicted molar refractivity (Wildman–Crippen MR) is 88.7 cm³/mol. The van der Waals surface area contributed by atoms with Crippen molar-refractivity contribution < 1.29 is 8.42 Å². The fourth-order valence-electron chi connectivity index (χ4n) is 1.49. The van der Waals surface area contributed by atoms with Crippen LogP contribution in [0.5, 0.6) is 0 Å². The van der Waals surface area contributed by atoms with Gasteiger partial charge in [-0.15, -0.1) is 0 Å². The molecular formula is C12H6Cl5NO2S. The van der Waals surface area contributed by atoms with Crippen LogP contribution in [-0.2, 0) is 10.0 Å². The molecule has 9 heteroatoms. The summed E-state index contributed by atoms with van der Waals surface area (Å²) < 4.78 is 27.0. The molecule has 21 heavy (non-hydrogen) atoms. The molecular weight excluding hydrogens is 399 g/mol. The SMILES string of the molecule is O=S(=O)(Nc1cc(Cl)ccc1Cl)c1cc(Cl)c(Cl)cc1Cl. The highest BCUT2D eigenvalue weighted by atomic mass is 35.5. The Morgan fingerprint density at radius 3 is 2.05 bits per heavy atom. The maximum Gasteiger partial charge on any atom is 0.263 e. The highest BCUT2D eigenvalue weighted by Gasteiger charge is 2.21. The molecule has 2 aromatic carbocycles. The third-order valence-corrected chi connectivity index (χ3v) is 5.55. The molecule has 0 unspecified atom stereocenters. The second-order valence-electron chi connectivity index (χ2n) is 3.93. The van der Waals surface area contributed by atoms with E-state index in [1.165, 1.54) is 24.3 Å². The number of halogens is 5. The molecule has 1 N–H and O–H groups in total. The normalized spacial score (nSPS) is 11.5. The van der Waals surface area contributed by atoms with Gasteiger partial charge in [0.2, 0.25) is 0 Å². The Labute approximate surface area is 146 Å². The third kappa shape index (κ3) is 3.89. The van der Waals surface area contributed by atoms with Crippen molar-refractivity contribution in [3.8, 4) is 0 Å². The maximum atomic E-state index is 12.4. The monoisotopic (exact) mass is 403 g/mol. The predicted octanol–water partition coefficient (Wildman–Crippen LogP) is 5.75. The first-order chi connectivity index (χ1) is 9.70. The molecule has 0 saturated heterocycles. The van der Waals surface area contributed by atoms with E-state index in [9.17, 15) is 8.42 Å². The van der Waals surface area contributed by atoms with Gasteiger partial charge in [-0.05, 0) is 30.3 Å². The van der Waals surface area contributed by atoms with Crippen molar-refractivity contribution in [1.82, 2.24) is 0 Å². The first-order valence-corrected chi connectivity index (χ1v) is 8.70. The van der Waals surface area contributed by atoms with Crippen LogP contribution in [0.1, 0.15) is 0 Å². The van der Waals surface area contributed by atoms with Crippen LogP contribution in [0.25, 0.3) is 0 Å². The van der Waals surface area contributed by atoms with Gasteiger partial charge in [0.15, 0.2) is 0 Å². The Morgan fingerprint density at radius 1 is 0.762 bits per heavy atom. The average Bonchev–Trinajstić information content (AvgIpc) is 2.37. The molecule has 0 atom stereocenters. The van der Waals surface area contributed by atoms with Crippen LogP contribution in [0.2, 0.25) is 25.1 Å². The Morgan fingerprint density at radius 2 is 1.38 bits per heavy atom. The van der Waals surface area contributed by atoms with Crippen molar-refractivity contribution in [2.45, 2.75) is 4.90 Å². The number of anilines is 1. The van der Waals surface area contributed by atoms with Gasteiger partial charge in [0, 0.05) is 5.02 Å². The van der Waals surface area contributed by atoms with Crippen molar-refractivity contribution in [3.63, 3.8) is 0 Å². The van der Waals surface area contributed by atoms with Gasteiger partial charge >= 0.3 is 0 Å². The van der Waals surface area contributed by atoms with Crippen molar-refractivity contribution in [2.24, 2.45) is 0 Å². The Kier molecular flexibility index (Phi) is 5.19. The second-order valence-corrected chi connectivity index (χ2v) is 7.64. The second kappa shape index (κ2) is 6.41. The molecule has 0 heterocycles. The van der Waals surface area contributed by atoms with Crippen LogP contribution in [0, 0.1) is 0 Å². The van der Waals surface area contributed by atoms with Gasteiger partial charge in [0.1, 0.15) is 4.90 Å². The Bertz CT molecular complexity index is 808. The lowest BCUT2D eigenvalue weighted by Gasteiger charge is -2.12. The zero-order valence-corrected chi connectivity index (χ0v) is 14.6. The quantitative estimate of drug-likeness (QED) is 0.661. The molecule has 0 fully saturated rings. The van der Waals surface area contributed by atoms with Crippen molar-refractivity contribution >= 4 is 73.7 Å². The highest BCUT2D eigenvalue weighted by molar-refractivity contribution is 7.92. The summed E-state index contributed by atoms with van der Waals surface area (Å²) in [6, 6.07) is 6.80. The minimum absolute atomic E-state index is 0.0601. The molecule has 3 nitrogen and oxygen atoms in total. The van der Waals surface area contributed by atoms with E-state index >= 15 is 0 Å². The molecule has 0 aromatic heterocycles. The van der Waals surface area contributed by atoms with Crippen LogP contribution >= 0.6 is 58.0 Å². The first kappa shape index (κ1) is 17.0. The van der Waals surface area contributed by atoms with Crippen LogP contribution < -0.4 is 4.72 Å². The van der Waals surface area contributed by atoms with E-state index in [-0.39, 0.29) is 30.7 Å². The molecule has 0 radical (unpaired) electrons. The summed E-state index contributed by atoms with van der Waals surface area (Å²) >= 11 is 29.2. The number of hydrogen-bond acceptors (Lipinski definition) is 2. The summed E-state index contributed by atoms with van der Waals surface area (Å²) in [7, 11) is -3.99. The Hall–Kier alpha value is -0.360. The van der Waals surface area contributed by atoms with E-state index in [1.807, 2.05) is 0 Å². The summed E-state index contributed by atoms with van der Waals surface area (Å²) in [5.41, 5.74) is 0.131. The molecule has 2 aromatic rings. The summed E-state index contributed by atoms with van der Waals surface area (Å²) in [5, 5.41) is 0.687. The van der Waals surface area contributed by atoms with Gasteiger partial charge < -0.3 is 0 Å². The largest absolute Gasteiger partial charge is 0.278 e. The van der Waals surface area contributed by atoms with Crippen molar-refractivity contribution in [1.29, 1.82) is 0 Å². The van der Waals surface area contributed by atoms with E-state index in [1.54, 1.807) is 0 Å². The van der Waals surface area contributed by atoms with Gasteiger partial charge in [-0.1, -0.05) is 58.0 Å². The highest BCUT2D eigenvalue weighted by Crippen LogP contribution is 2.34. The fraction of sp³-hybridized carbons (Fsp3) is 0. The number of sulfonamides is 1. The lowest BCUT2D eigenvalue weighted by Crippen LogP contribution is -2.14. The topological polar surface area (TPSA) is 46.2 Å². The number of hydrogen-bond donors (Lipinski definition) is 1. The standard InChI is InChI=1S/C12H6Cl5NO2S/c13-6-1-2-7(14)11(3-6)18-21(19,20)12-5-9(16)8(15)4-10(12)17/h1-5,18H. The number of nitrogens with one attached hydrogen (secondary N) is 1. The fourth-order valence-corrected chi connectivity index (χ4v) is 3.95. The summed E-state index contributed by atoms with van der Waals surface area (Å²) in [5.74, 6) is 0. The molecule has 0 spiro atoms. The molecule has 0 aliphatic carbocycles. The van der Waals surface area contributed by atoms with Crippen molar-refractivity contribution in [3.05, 3.63) is 55.4 Å². The molecule has 0 aliphatic rings. The molecule has 0 bridgehead atoms. The molecule has 0 amide bonds. The summed E-state index contributed by atoms with van der Waals surface area (Å²) in [6.45, 7) is 0. The molecule has 0 aliphatic heterocycles. The Balaban J connectivity index is 2.48. The molecule has 0 saturated carbocycles. The van der Waals surface area contributed by atoms with E-state index in [2.05, 4.69) is 4.72 Å². The number of rotatable bonds is 3. The molecule has 112 valence electrons. The molecule has 2 rings (SSSR count). The van der Waals surface area contributed by atoms with E-state index < -0.39 is 10.0 Å². The zero-order chi connectivity index (χ0) is 15.8. The lowest BCUT2D eigenvalue weighted by atomic mass is 10.3. The zero-order valence-electron chi connectivity index (χ0n) is 10.0. The maximum absolute atomic E-state index is 12.4. The number of benzene rings is 2. The average molecular weight is 406 g/mol. The van der Waals surface area contributed by atoms with Gasteiger partial charge in [-0.25, -0.2) is 8.42 Å². The van der Waals surface area contributed by atoms with E-state index in [0.717, 1.165) is 6.07 Å². The third-order valence-electron chi connectivity index (χ3n) is 2.44. The summed E-state index contributed by atoms with van der Waals surface area (Å²) in [4.78, 5) is -0.213. The van der Waals surface area contributed by atoms with Gasteiger partial charge in [-0.3, -0.25) is 4.72 Å². The van der Waals surface area contributed by atoms with Crippen LogP contribution in [0.4, 0.5) is 5.69 Å². The van der Waals surface area contributed by atoms with Gasteiger partial charge in [0.05, 0.1) is 25.8 Å². The van der Waals surface area contributed by atoms with Crippen LogP contribution in [0.3, 0.4) is 0 Å². The smallest absolute Gasteiger partial charge is 0.263 e. The summed E-state index contributed by atoms with van der Waals surface area (Å²) in [6.07, 6.45) is 0. The van der Waals surface area contributed by atoms with E-state index in [4.69, 9.17) is 58.0 Å². The lowest BCUT2D eigenvalue weighted by molar-refractivity contribution is 0.601. The minimum Gasteiger partial charge on any atom is -0.278 e. The van der Waals surface area contributed by atoms with Gasteiger partial charge in [0.25, 0.3) is 10.0 Å². The first-order valence-electron chi connectivity index (χ1n) is 5.33. The van der Waals surface area contributed by atoms with Gasteiger partial charge in [-0.2, -0.15) is 0 Å². The van der Waals surface area contributed by atoms with Crippen LogP contribution in [-0.4, -0.2) is 8.42 Å². The minimum atomic E-state index is -3.99. The van der Waals surface area contributed by atoms with E-state index in [0.29, 0.717) is 5.02 Å². The van der Waals surface area contributed by atoms with Crippen LogP contribution in [0.15, 0.2) is 35.2 Å². The van der Waals surface area contributed by atoms with Crippen molar-refractivity contribution in [2.75, 3.05) is 4.72 Å².